The number of hydrogen-bond donors (Lipinski definition) is 1. The van der Waals surface area contributed by atoms with Gasteiger partial charge in [-0.1, -0.05) is 12.8 Å². The fraction of sp³-hybridized carbons (Fsp3) is 0.625. The summed E-state index contributed by atoms with van der Waals surface area (Å²) in [5, 5.41) is 3.09. The van der Waals surface area contributed by atoms with Crippen LogP contribution in [0.3, 0.4) is 0 Å². The molecule has 5 heteroatoms. The van der Waals surface area contributed by atoms with E-state index in [4.69, 9.17) is 4.74 Å². The molecule has 0 unspecified atom stereocenters. The molecule has 2 rings (SSSR count). The van der Waals surface area contributed by atoms with Gasteiger partial charge in [-0.3, -0.25) is 0 Å². The summed E-state index contributed by atoms with van der Waals surface area (Å²) in [6, 6.07) is 3.09. The fourth-order valence-corrected chi connectivity index (χ4v) is 2.94. The summed E-state index contributed by atoms with van der Waals surface area (Å²) >= 11 is 0. The standard InChI is InChI=1S/C16H24F2N2O/c1-20(13-5-3-4-6-13)16-14(17)9-12(10-15(16)18)11-19-7-8-21-2/h9-10,13,19H,3-8,11H2,1-2H3. The maximum absolute atomic E-state index is 14.3. The number of nitrogens with one attached hydrogen (secondary N) is 1. The first-order valence-corrected chi connectivity index (χ1v) is 7.54. The normalized spacial score (nSPS) is 15.6. The zero-order valence-corrected chi connectivity index (χ0v) is 12.8. The second-order valence-electron chi connectivity index (χ2n) is 5.63. The van der Waals surface area contributed by atoms with Gasteiger partial charge in [0.05, 0.1) is 6.61 Å². The largest absolute Gasteiger partial charge is 0.383 e. The minimum atomic E-state index is -0.479. The Labute approximate surface area is 125 Å². The van der Waals surface area contributed by atoms with Crippen molar-refractivity contribution in [3.8, 4) is 0 Å². The molecule has 0 radical (unpaired) electrons. The summed E-state index contributed by atoms with van der Waals surface area (Å²) < 4.78 is 33.4. The Morgan fingerprint density at radius 3 is 2.43 bits per heavy atom. The van der Waals surface area contributed by atoms with Crippen LogP contribution < -0.4 is 10.2 Å². The van der Waals surface area contributed by atoms with E-state index in [1.807, 2.05) is 0 Å². The highest BCUT2D eigenvalue weighted by atomic mass is 19.1. The van der Waals surface area contributed by atoms with E-state index in [1.165, 1.54) is 12.1 Å². The van der Waals surface area contributed by atoms with Crippen LogP contribution in [0.15, 0.2) is 12.1 Å². The highest BCUT2D eigenvalue weighted by Gasteiger charge is 2.24. The van der Waals surface area contributed by atoms with Gasteiger partial charge in [0.15, 0.2) is 0 Å². The molecule has 0 atom stereocenters. The lowest BCUT2D eigenvalue weighted by Gasteiger charge is -2.27. The van der Waals surface area contributed by atoms with Crippen LogP contribution in [0.25, 0.3) is 0 Å². The molecule has 0 saturated heterocycles. The molecule has 0 heterocycles. The van der Waals surface area contributed by atoms with Crippen LogP contribution in [-0.2, 0) is 11.3 Å². The number of rotatable bonds is 7. The van der Waals surface area contributed by atoms with E-state index in [9.17, 15) is 8.78 Å². The predicted molar refractivity (Wildman–Crippen MR) is 80.6 cm³/mol. The first-order chi connectivity index (χ1) is 10.1. The van der Waals surface area contributed by atoms with E-state index in [1.54, 1.807) is 19.1 Å². The fourth-order valence-electron chi connectivity index (χ4n) is 2.94. The Bertz CT molecular complexity index is 439. The van der Waals surface area contributed by atoms with Crippen LogP contribution in [0, 0.1) is 11.6 Å². The molecule has 1 N–H and O–H groups in total. The Hall–Kier alpha value is -1.20. The number of anilines is 1. The average molecular weight is 298 g/mol. The monoisotopic (exact) mass is 298 g/mol. The van der Waals surface area contributed by atoms with Crippen molar-refractivity contribution in [3.05, 3.63) is 29.3 Å². The molecular weight excluding hydrogens is 274 g/mol. The second-order valence-corrected chi connectivity index (χ2v) is 5.63. The van der Waals surface area contributed by atoms with Crippen molar-refractivity contribution in [2.45, 2.75) is 38.3 Å². The lowest BCUT2D eigenvalue weighted by molar-refractivity contribution is 0.199. The molecule has 0 amide bonds. The maximum Gasteiger partial charge on any atom is 0.149 e. The van der Waals surface area contributed by atoms with E-state index in [-0.39, 0.29) is 11.7 Å². The second kappa shape index (κ2) is 7.71. The highest BCUT2D eigenvalue weighted by molar-refractivity contribution is 5.51. The van der Waals surface area contributed by atoms with Gasteiger partial charge in [-0.2, -0.15) is 0 Å². The van der Waals surface area contributed by atoms with Gasteiger partial charge in [0.1, 0.15) is 17.3 Å². The van der Waals surface area contributed by atoms with Crippen LogP contribution in [0.5, 0.6) is 0 Å². The molecule has 1 aliphatic rings. The van der Waals surface area contributed by atoms with Gasteiger partial charge in [0.25, 0.3) is 0 Å². The van der Waals surface area contributed by atoms with Gasteiger partial charge in [0.2, 0.25) is 0 Å². The molecule has 0 aromatic heterocycles. The summed E-state index contributed by atoms with van der Waals surface area (Å²) in [6.45, 7) is 1.67. The molecule has 1 fully saturated rings. The minimum absolute atomic E-state index is 0.0996. The van der Waals surface area contributed by atoms with Gasteiger partial charge >= 0.3 is 0 Å². The van der Waals surface area contributed by atoms with Crippen molar-refractivity contribution in [1.82, 2.24) is 5.32 Å². The zero-order valence-electron chi connectivity index (χ0n) is 12.8. The smallest absolute Gasteiger partial charge is 0.149 e. The van der Waals surface area contributed by atoms with Crippen molar-refractivity contribution in [1.29, 1.82) is 0 Å². The quantitative estimate of drug-likeness (QED) is 0.783. The van der Waals surface area contributed by atoms with Gasteiger partial charge < -0.3 is 15.0 Å². The molecule has 21 heavy (non-hydrogen) atoms. The summed E-state index contributed by atoms with van der Waals surface area (Å²) in [4.78, 5) is 1.76. The average Bonchev–Trinajstić information content (AvgIpc) is 2.97. The Morgan fingerprint density at radius 1 is 1.24 bits per heavy atom. The summed E-state index contributed by atoms with van der Waals surface area (Å²) in [5.41, 5.74) is 0.715. The topological polar surface area (TPSA) is 24.5 Å². The van der Waals surface area contributed by atoms with Crippen molar-refractivity contribution in [3.63, 3.8) is 0 Å². The number of methoxy groups -OCH3 is 1. The SMILES string of the molecule is COCCNCc1cc(F)c(N(C)C2CCCC2)c(F)c1. The third kappa shape index (κ3) is 4.14. The van der Waals surface area contributed by atoms with E-state index < -0.39 is 11.6 Å². The van der Waals surface area contributed by atoms with Gasteiger partial charge in [0, 0.05) is 33.3 Å². The Kier molecular flexibility index (Phi) is 5.94. The van der Waals surface area contributed by atoms with E-state index in [2.05, 4.69) is 5.32 Å². The third-order valence-corrected chi connectivity index (χ3v) is 4.11. The molecule has 1 saturated carbocycles. The molecule has 0 spiro atoms. The number of hydrogen-bond acceptors (Lipinski definition) is 3. The van der Waals surface area contributed by atoms with Crippen molar-refractivity contribution in [2.75, 3.05) is 32.2 Å². The van der Waals surface area contributed by atoms with E-state index in [0.717, 1.165) is 25.7 Å². The number of benzene rings is 1. The molecule has 0 aliphatic heterocycles. The van der Waals surface area contributed by atoms with Gasteiger partial charge in [-0.15, -0.1) is 0 Å². The number of nitrogens with zero attached hydrogens (tertiary/aromatic N) is 1. The van der Waals surface area contributed by atoms with Crippen molar-refractivity contribution < 1.29 is 13.5 Å². The molecule has 1 aromatic rings. The van der Waals surface area contributed by atoms with Crippen LogP contribution >= 0.6 is 0 Å². The lowest BCUT2D eigenvalue weighted by atomic mass is 10.1. The van der Waals surface area contributed by atoms with Crippen LogP contribution in [0.4, 0.5) is 14.5 Å². The summed E-state index contributed by atoms with van der Waals surface area (Å²) in [5.74, 6) is -0.958. The molecule has 1 aromatic carbocycles. The van der Waals surface area contributed by atoms with E-state index in [0.29, 0.717) is 25.3 Å². The highest BCUT2D eigenvalue weighted by Crippen LogP contribution is 2.31. The number of ether oxygens (including phenoxy) is 1. The van der Waals surface area contributed by atoms with Crippen LogP contribution in [0.2, 0.25) is 0 Å². The van der Waals surface area contributed by atoms with Crippen molar-refractivity contribution in [2.24, 2.45) is 0 Å². The number of halogens is 2. The van der Waals surface area contributed by atoms with Crippen LogP contribution in [-0.4, -0.2) is 33.4 Å². The van der Waals surface area contributed by atoms with Gasteiger partial charge in [-0.25, -0.2) is 8.78 Å². The first kappa shape index (κ1) is 16.2. The molecule has 118 valence electrons. The molecule has 0 bridgehead atoms. The maximum atomic E-state index is 14.3. The Morgan fingerprint density at radius 2 is 1.86 bits per heavy atom. The minimum Gasteiger partial charge on any atom is -0.383 e. The van der Waals surface area contributed by atoms with Crippen LogP contribution in [0.1, 0.15) is 31.2 Å². The first-order valence-electron chi connectivity index (χ1n) is 7.54. The summed E-state index contributed by atoms with van der Waals surface area (Å²) in [6.07, 6.45) is 4.30. The predicted octanol–water partition coefficient (Wildman–Crippen LogP) is 3.08. The molecule has 3 nitrogen and oxygen atoms in total. The Balaban J connectivity index is 2.05. The zero-order chi connectivity index (χ0) is 15.2. The third-order valence-electron chi connectivity index (χ3n) is 4.11. The van der Waals surface area contributed by atoms with Crippen molar-refractivity contribution >= 4 is 5.69 Å². The van der Waals surface area contributed by atoms with E-state index >= 15 is 0 Å². The molecule has 1 aliphatic carbocycles. The lowest BCUT2D eigenvalue weighted by Crippen LogP contribution is -2.30. The molecular formula is C16H24F2N2O. The summed E-state index contributed by atoms with van der Waals surface area (Å²) in [7, 11) is 3.41. The van der Waals surface area contributed by atoms with Gasteiger partial charge in [-0.05, 0) is 30.5 Å².